The van der Waals surface area contributed by atoms with Crippen molar-refractivity contribution in [1.29, 1.82) is 0 Å². The lowest BCUT2D eigenvalue weighted by molar-refractivity contribution is 0.0937. The quantitative estimate of drug-likeness (QED) is 0.861. The third-order valence-corrected chi connectivity index (χ3v) is 5.62. The van der Waals surface area contributed by atoms with Gasteiger partial charge in [0.2, 0.25) is 0 Å². The smallest absolute Gasteiger partial charge is 0.413 e. The Morgan fingerprint density at radius 1 is 1.08 bits per heavy atom. The Kier molecular flexibility index (Phi) is 5.37. The third kappa shape index (κ3) is 3.62. The molecule has 3 amide bonds. The van der Waals surface area contributed by atoms with Crippen molar-refractivity contribution in [3.63, 3.8) is 0 Å². The first kappa shape index (κ1) is 18.1. The van der Waals surface area contributed by atoms with E-state index >= 15 is 0 Å². The molecule has 0 radical (unpaired) electrons. The fourth-order valence-electron chi connectivity index (χ4n) is 3.10. The number of fused-ring (bicyclic) bond motifs is 1. The van der Waals surface area contributed by atoms with E-state index in [1.807, 2.05) is 19.1 Å². The van der Waals surface area contributed by atoms with Gasteiger partial charge in [-0.2, -0.15) is 0 Å². The molecule has 1 aromatic carbocycles. The number of ether oxygens (including phenoxy) is 1. The topological polar surface area (TPSA) is 84.5 Å². The van der Waals surface area contributed by atoms with Crippen LogP contribution in [0, 0.1) is 6.92 Å². The minimum atomic E-state index is -0.818. The van der Waals surface area contributed by atoms with Gasteiger partial charge in [-0.3, -0.25) is 14.9 Å². The molecule has 7 heteroatoms. The van der Waals surface area contributed by atoms with Crippen molar-refractivity contribution in [3.05, 3.63) is 51.4 Å². The van der Waals surface area contributed by atoms with Crippen LogP contribution in [0.1, 0.15) is 49.6 Å². The summed E-state index contributed by atoms with van der Waals surface area (Å²) in [5.74, 6) is -0.815. The number of carbonyl (C=O) groups is 3. The standard InChI is InChI=1S/C19H20N2O4S/c1-11-7-3-4-8-12(11)16(22)20-18-15(17(23)21-19(24)25-2)13-9-5-6-10-14(13)26-18/h3-4,7-8H,5-6,9-10H2,1-2H3,(H,20,22)(H,21,23,24). The highest BCUT2D eigenvalue weighted by atomic mass is 32.1. The minimum Gasteiger partial charge on any atom is -0.453 e. The van der Waals surface area contributed by atoms with Crippen LogP contribution < -0.4 is 10.6 Å². The lowest BCUT2D eigenvalue weighted by Crippen LogP contribution is -2.31. The average molecular weight is 372 g/mol. The Morgan fingerprint density at radius 2 is 1.81 bits per heavy atom. The second-order valence-electron chi connectivity index (χ2n) is 6.13. The van der Waals surface area contributed by atoms with Gasteiger partial charge in [0.15, 0.2) is 0 Å². The highest BCUT2D eigenvalue weighted by molar-refractivity contribution is 7.17. The van der Waals surface area contributed by atoms with E-state index in [1.165, 1.54) is 18.4 Å². The Hall–Kier alpha value is -2.67. The van der Waals surface area contributed by atoms with Crippen molar-refractivity contribution < 1.29 is 19.1 Å². The van der Waals surface area contributed by atoms with Crippen molar-refractivity contribution in [2.75, 3.05) is 12.4 Å². The maximum Gasteiger partial charge on any atom is 0.413 e. The molecule has 3 rings (SSSR count). The average Bonchev–Trinajstić information content (AvgIpc) is 2.99. The van der Waals surface area contributed by atoms with Crippen LogP contribution in [-0.4, -0.2) is 25.0 Å². The van der Waals surface area contributed by atoms with Crippen molar-refractivity contribution in [1.82, 2.24) is 5.32 Å². The van der Waals surface area contributed by atoms with Crippen LogP contribution in [0.2, 0.25) is 0 Å². The zero-order valence-corrected chi connectivity index (χ0v) is 15.5. The summed E-state index contributed by atoms with van der Waals surface area (Å²) < 4.78 is 4.51. The first-order chi connectivity index (χ1) is 12.5. The number of carbonyl (C=O) groups excluding carboxylic acids is 3. The summed E-state index contributed by atoms with van der Waals surface area (Å²) >= 11 is 1.41. The number of imide groups is 1. The van der Waals surface area contributed by atoms with Crippen LogP contribution in [0.4, 0.5) is 9.80 Å². The maximum atomic E-state index is 12.7. The SMILES string of the molecule is COC(=O)NC(=O)c1c(NC(=O)c2ccccc2C)sc2c1CCCC2. The maximum absolute atomic E-state index is 12.7. The number of thiophene rings is 1. The number of methoxy groups -OCH3 is 1. The molecule has 1 aliphatic carbocycles. The van der Waals surface area contributed by atoms with Crippen LogP contribution >= 0.6 is 11.3 Å². The van der Waals surface area contributed by atoms with Gasteiger partial charge in [-0.05, 0) is 49.8 Å². The number of nitrogens with one attached hydrogen (secondary N) is 2. The summed E-state index contributed by atoms with van der Waals surface area (Å²) in [4.78, 5) is 37.8. The van der Waals surface area contributed by atoms with E-state index in [-0.39, 0.29) is 5.91 Å². The van der Waals surface area contributed by atoms with Crippen molar-refractivity contribution in [2.24, 2.45) is 0 Å². The van der Waals surface area contributed by atoms with Gasteiger partial charge in [-0.25, -0.2) is 4.79 Å². The van der Waals surface area contributed by atoms with Crippen LogP contribution in [0.25, 0.3) is 0 Å². The number of aryl methyl sites for hydroxylation is 2. The van der Waals surface area contributed by atoms with E-state index in [0.29, 0.717) is 16.1 Å². The van der Waals surface area contributed by atoms with E-state index in [4.69, 9.17) is 0 Å². The fraction of sp³-hybridized carbons (Fsp3) is 0.316. The molecular weight excluding hydrogens is 352 g/mol. The van der Waals surface area contributed by atoms with E-state index in [1.54, 1.807) is 12.1 Å². The normalized spacial score (nSPS) is 12.8. The lowest BCUT2D eigenvalue weighted by Gasteiger charge is -2.12. The molecule has 0 atom stereocenters. The predicted octanol–water partition coefficient (Wildman–Crippen LogP) is 3.68. The molecule has 0 unspecified atom stereocenters. The van der Waals surface area contributed by atoms with Crippen molar-refractivity contribution >= 4 is 34.2 Å². The largest absolute Gasteiger partial charge is 0.453 e. The zero-order chi connectivity index (χ0) is 18.7. The van der Waals surface area contributed by atoms with Gasteiger partial charge in [0.25, 0.3) is 11.8 Å². The molecule has 0 saturated carbocycles. The molecule has 1 heterocycles. The summed E-state index contributed by atoms with van der Waals surface area (Å²) in [6.07, 6.45) is 2.85. The van der Waals surface area contributed by atoms with Crippen LogP contribution in [0.5, 0.6) is 0 Å². The Labute approximate surface area is 155 Å². The van der Waals surface area contributed by atoms with Gasteiger partial charge >= 0.3 is 6.09 Å². The number of anilines is 1. The fourth-order valence-corrected chi connectivity index (χ4v) is 4.38. The third-order valence-electron chi connectivity index (χ3n) is 4.42. The Balaban J connectivity index is 1.94. The van der Waals surface area contributed by atoms with E-state index in [9.17, 15) is 14.4 Å². The number of benzene rings is 1. The summed E-state index contributed by atoms with van der Waals surface area (Å²) in [5.41, 5.74) is 2.70. The Bertz CT molecular complexity index is 872. The molecule has 2 aromatic rings. The van der Waals surface area contributed by atoms with E-state index < -0.39 is 12.0 Å². The highest BCUT2D eigenvalue weighted by Gasteiger charge is 2.27. The van der Waals surface area contributed by atoms with Crippen LogP contribution in [0.15, 0.2) is 24.3 Å². The molecule has 0 spiro atoms. The number of amides is 3. The molecule has 1 aliphatic rings. The van der Waals surface area contributed by atoms with Gasteiger partial charge in [-0.1, -0.05) is 18.2 Å². The molecule has 0 saturated heterocycles. The van der Waals surface area contributed by atoms with Crippen molar-refractivity contribution in [3.8, 4) is 0 Å². The van der Waals surface area contributed by atoms with Gasteiger partial charge in [0.1, 0.15) is 5.00 Å². The first-order valence-corrected chi connectivity index (χ1v) is 9.23. The molecule has 0 bridgehead atoms. The number of hydrogen-bond acceptors (Lipinski definition) is 5. The molecule has 26 heavy (non-hydrogen) atoms. The molecule has 0 aliphatic heterocycles. The van der Waals surface area contributed by atoms with Crippen LogP contribution in [0.3, 0.4) is 0 Å². The number of alkyl carbamates (subject to hydrolysis) is 1. The van der Waals surface area contributed by atoms with Crippen LogP contribution in [-0.2, 0) is 17.6 Å². The Morgan fingerprint density at radius 3 is 2.54 bits per heavy atom. The highest BCUT2D eigenvalue weighted by Crippen LogP contribution is 2.38. The second kappa shape index (κ2) is 7.70. The van der Waals surface area contributed by atoms with Gasteiger partial charge < -0.3 is 10.1 Å². The molecule has 6 nitrogen and oxygen atoms in total. The lowest BCUT2D eigenvalue weighted by atomic mass is 9.95. The summed E-state index contributed by atoms with van der Waals surface area (Å²) in [6.45, 7) is 1.86. The minimum absolute atomic E-state index is 0.270. The molecular formula is C19H20N2O4S. The van der Waals surface area contributed by atoms with Crippen molar-refractivity contribution in [2.45, 2.75) is 32.6 Å². The number of rotatable bonds is 3. The van der Waals surface area contributed by atoms with E-state index in [2.05, 4.69) is 15.4 Å². The summed E-state index contributed by atoms with van der Waals surface area (Å²) in [7, 11) is 1.20. The van der Waals surface area contributed by atoms with Gasteiger partial charge in [0.05, 0.1) is 12.7 Å². The summed E-state index contributed by atoms with van der Waals surface area (Å²) in [6, 6.07) is 7.27. The van der Waals surface area contributed by atoms with E-state index in [0.717, 1.165) is 41.7 Å². The van der Waals surface area contributed by atoms with Gasteiger partial charge in [0, 0.05) is 10.4 Å². The molecule has 2 N–H and O–H groups in total. The van der Waals surface area contributed by atoms with Gasteiger partial charge in [-0.15, -0.1) is 11.3 Å². The molecule has 1 aromatic heterocycles. The first-order valence-electron chi connectivity index (χ1n) is 8.42. The summed E-state index contributed by atoms with van der Waals surface area (Å²) in [5, 5.41) is 5.54. The molecule has 136 valence electrons. The molecule has 0 fully saturated rings. The second-order valence-corrected chi connectivity index (χ2v) is 7.23. The predicted molar refractivity (Wildman–Crippen MR) is 100.0 cm³/mol. The zero-order valence-electron chi connectivity index (χ0n) is 14.7. The monoisotopic (exact) mass is 372 g/mol. The number of hydrogen-bond donors (Lipinski definition) is 2.